The van der Waals surface area contributed by atoms with Crippen LogP contribution in [0.1, 0.15) is 19.3 Å². The number of alkyl halides is 1. The molecular weight excluding hydrogens is 405 g/mol. The molecule has 0 radical (unpaired) electrons. The highest BCUT2D eigenvalue weighted by atomic mass is 19.1. The summed E-state index contributed by atoms with van der Waals surface area (Å²) in [5, 5.41) is 11.4. The maximum absolute atomic E-state index is 13.7. The van der Waals surface area contributed by atoms with Crippen LogP contribution in [0.25, 0.3) is 0 Å². The van der Waals surface area contributed by atoms with Crippen LogP contribution in [0.4, 0.5) is 4.39 Å². The Morgan fingerprint density at radius 3 is 2.74 bits per heavy atom. The summed E-state index contributed by atoms with van der Waals surface area (Å²) in [7, 11) is 0. The molecule has 0 aromatic carbocycles. The van der Waals surface area contributed by atoms with E-state index in [2.05, 4.69) is 26.3 Å². The molecule has 6 unspecified atom stereocenters. The van der Waals surface area contributed by atoms with Crippen LogP contribution in [-0.2, 0) is 14.3 Å². The van der Waals surface area contributed by atoms with Gasteiger partial charge >= 0.3 is 0 Å². The number of nitrogens with one attached hydrogen (secondary N) is 4. The van der Waals surface area contributed by atoms with E-state index in [1.807, 2.05) is 0 Å². The summed E-state index contributed by atoms with van der Waals surface area (Å²) in [5.41, 5.74) is 9.23. The van der Waals surface area contributed by atoms with Gasteiger partial charge in [0.25, 0.3) is 0 Å². The van der Waals surface area contributed by atoms with Crippen molar-refractivity contribution >= 4 is 5.91 Å². The molecule has 5 aliphatic heterocycles. The van der Waals surface area contributed by atoms with Gasteiger partial charge in [-0.1, -0.05) is 0 Å². The molecule has 0 bridgehead atoms. The van der Waals surface area contributed by atoms with Crippen molar-refractivity contribution in [1.29, 1.82) is 0 Å². The van der Waals surface area contributed by atoms with Crippen LogP contribution >= 0.6 is 0 Å². The Bertz CT molecular complexity index is 634. The molecule has 176 valence electrons. The maximum atomic E-state index is 13.7. The second kappa shape index (κ2) is 9.52. The number of carbonyl (C=O) groups excluding carboxylic acids is 1. The molecule has 11 heteroatoms. The minimum absolute atomic E-state index is 0.00925. The van der Waals surface area contributed by atoms with E-state index in [0.717, 1.165) is 52.1 Å². The average molecular weight is 442 g/mol. The third-order valence-corrected chi connectivity index (χ3v) is 7.35. The third-order valence-electron chi connectivity index (χ3n) is 7.35. The van der Waals surface area contributed by atoms with Crippen molar-refractivity contribution in [2.24, 2.45) is 11.7 Å². The Labute approximate surface area is 182 Å². The van der Waals surface area contributed by atoms with Crippen LogP contribution in [0, 0.1) is 5.92 Å². The number of halogens is 1. The maximum Gasteiger partial charge on any atom is 0.229 e. The number of piperidine rings is 2. The molecule has 0 spiro atoms. The molecule has 5 fully saturated rings. The molecule has 5 saturated heterocycles. The predicted molar refractivity (Wildman–Crippen MR) is 111 cm³/mol. The summed E-state index contributed by atoms with van der Waals surface area (Å²) < 4.78 is 25.5. The van der Waals surface area contributed by atoms with Crippen LogP contribution in [0.3, 0.4) is 0 Å². The van der Waals surface area contributed by atoms with E-state index >= 15 is 0 Å². The molecule has 0 saturated carbocycles. The standard InChI is InChI=1S/C20H36FN7O3/c21-12-7-24-19-17(18(22)26-28(19)9-12)20(29)25-15-8-23-4-1-16(15)31-14-2-5-27(6-3-14)13-10-30-11-13/h12-19,23-24,26H,1-11,22H2,(H,25,29). The highest BCUT2D eigenvalue weighted by molar-refractivity contribution is 5.80. The predicted octanol–water partition coefficient (Wildman–Crippen LogP) is -2.30. The largest absolute Gasteiger partial charge is 0.378 e. The Morgan fingerprint density at radius 2 is 2.00 bits per heavy atom. The minimum atomic E-state index is -0.971. The lowest BCUT2D eigenvalue weighted by atomic mass is 9.98. The van der Waals surface area contributed by atoms with Gasteiger partial charge < -0.3 is 25.8 Å². The number of nitrogens with zero attached hydrogens (tertiary/aromatic N) is 2. The Kier molecular flexibility index (Phi) is 6.72. The Morgan fingerprint density at radius 1 is 1.19 bits per heavy atom. The summed E-state index contributed by atoms with van der Waals surface area (Å²) in [6, 6.07) is 0.481. The molecule has 1 amide bonds. The van der Waals surface area contributed by atoms with Crippen molar-refractivity contribution in [1.82, 2.24) is 31.3 Å². The molecule has 5 heterocycles. The molecular formula is C20H36FN7O3. The quantitative estimate of drug-likeness (QED) is 0.321. The summed E-state index contributed by atoms with van der Waals surface area (Å²) in [6.07, 6.45) is 1.32. The van der Waals surface area contributed by atoms with Gasteiger partial charge in [0.15, 0.2) is 0 Å². The first-order valence-corrected chi connectivity index (χ1v) is 11.7. The monoisotopic (exact) mass is 441 g/mol. The topological polar surface area (TPSA) is 116 Å². The second-order valence-electron chi connectivity index (χ2n) is 9.49. The van der Waals surface area contributed by atoms with Crippen LogP contribution < -0.4 is 27.1 Å². The lowest BCUT2D eigenvalue weighted by Gasteiger charge is -2.43. The smallest absolute Gasteiger partial charge is 0.229 e. The van der Waals surface area contributed by atoms with E-state index in [9.17, 15) is 9.18 Å². The Balaban J connectivity index is 1.15. The number of hydrogen-bond acceptors (Lipinski definition) is 9. The summed E-state index contributed by atoms with van der Waals surface area (Å²) in [5.74, 6) is -0.595. The van der Waals surface area contributed by atoms with Gasteiger partial charge in [-0.2, -0.15) is 0 Å². The van der Waals surface area contributed by atoms with Gasteiger partial charge in [0.05, 0.1) is 55.8 Å². The van der Waals surface area contributed by atoms with Gasteiger partial charge in [-0.05, 0) is 25.8 Å². The normalized spacial score (nSPS) is 41.0. The van der Waals surface area contributed by atoms with Crippen molar-refractivity contribution in [3.63, 3.8) is 0 Å². The van der Waals surface area contributed by atoms with Crippen LogP contribution in [-0.4, -0.2) is 111 Å². The van der Waals surface area contributed by atoms with Crippen molar-refractivity contribution in [2.45, 2.75) is 62.1 Å². The van der Waals surface area contributed by atoms with Crippen molar-refractivity contribution in [2.75, 3.05) is 52.5 Å². The molecule has 0 aromatic heterocycles. The van der Waals surface area contributed by atoms with Crippen LogP contribution in [0.2, 0.25) is 0 Å². The molecule has 5 rings (SSSR count). The summed E-state index contributed by atoms with van der Waals surface area (Å²) in [6.45, 7) is 5.83. The number of likely N-dealkylation sites (tertiary alicyclic amines) is 1. The molecule has 0 aromatic rings. The van der Waals surface area contributed by atoms with Gasteiger partial charge in [-0.15, -0.1) is 0 Å². The van der Waals surface area contributed by atoms with E-state index in [0.29, 0.717) is 12.6 Å². The van der Waals surface area contributed by atoms with E-state index in [-0.39, 0.29) is 43.4 Å². The highest BCUT2D eigenvalue weighted by Gasteiger charge is 2.47. The van der Waals surface area contributed by atoms with Crippen molar-refractivity contribution < 1.29 is 18.7 Å². The number of rotatable bonds is 5. The fourth-order valence-electron chi connectivity index (χ4n) is 5.46. The minimum Gasteiger partial charge on any atom is -0.378 e. The molecule has 10 nitrogen and oxygen atoms in total. The highest BCUT2D eigenvalue weighted by Crippen LogP contribution is 2.25. The van der Waals surface area contributed by atoms with Gasteiger partial charge in [0.2, 0.25) is 5.91 Å². The fourth-order valence-corrected chi connectivity index (χ4v) is 5.46. The van der Waals surface area contributed by atoms with Gasteiger partial charge in [-0.3, -0.25) is 15.0 Å². The fraction of sp³-hybridized carbons (Fsp3) is 0.950. The summed E-state index contributed by atoms with van der Waals surface area (Å²) >= 11 is 0. The van der Waals surface area contributed by atoms with Crippen molar-refractivity contribution in [3.8, 4) is 0 Å². The number of ether oxygens (including phenoxy) is 2. The number of nitrogens with two attached hydrogens (primary N) is 1. The first-order chi connectivity index (χ1) is 15.1. The van der Waals surface area contributed by atoms with Gasteiger partial charge in [-0.25, -0.2) is 14.8 Å². The van der Waals surface area contributed by atoms with E-state index in [1.54, 1.807) is 5.01 Å². The number of amides is 1. The molecule has 5 aliphatic rings. The second-order valence-corrected chi connectivity index (χ2v) is 9.49. The number of hydrazine groups is 1. The SMILES string of the molecule is NC1NN2CC(F)CNC2C1C(=O)NC1CNCCC1OC1CCN(C2COC2)CC1. The van der Waals surface area contributed by atoms with E-state index < -0.39 is 18.3 Å². The summed E-state index contributed by atoms with van der Waals surface area (Å²) in [4.78, 5) is 15.7. The zero-order valence-electron chi connectivity index (χ0n) is 18.0. The number of fused-ring (bicyclic) bond motifs is 1. The number of hydrogen-bond donors (Lipinski definition) is 5. The van der Waals surface area contributed by atoms with Crippen molar-refractivity contribution in [3.05, 3.63) is 0 Å². The van der Waals surface area contributed by atoms with Crippen LogP contribution in [0.5, 0.6) is 0 Å². The third kappa shape index (κ3) is 4.74. The first-order valence-electron chi connectivity index (χ1n) is 11.7. The van der Waals surface area contributed by atoms with Crippen LogP contribution in [0.15, 0.2) is 0 Å². The number of carbonyl (C=O) groups is 1. The lowest BCUT2D eigenvalue weighted by Crippen LogP contribution is -2.61. The Hall–Kier alpha value is -0.920. The molecule has 0 aliphatic carbocycles. The van der Waals surface area contributed by atoms with E-state index in [4.69, 9.17) is 15.2 Å². The first kappa shape index (κ1) is 21.9. The van der Waals surface area contributed by atoms with E-state index in [1.165, 1.54) is 0 Å². The zero-order valence-corrected chi connectivity index (χ0v) is 18.0. The van der Waals surface area contributed by atoms with Gasteiger partial charge in [0.1, 0.15) is 6.17 Å². The zero-order chi connectivity index (χ0) is 21.4. The van der Waals surface area contributed by atoms with Gasteiger partial charge in [0, 0.05) is 32.7 Å². The molecule has 31 heavy (non-hydrogen) atoms. The molecule has 6 atom stereocenters. The molecule has 6 N–H and O–H groups in total. The lowest BCUT2D eigenvalue weighted by molar-refractivity contribution is -0.131. The average Bonchev–Trinajstić information content (AvgIpc) is 3.04.